The van der Waals surface area contributed by atoms with Crippen LogP contribution in [-0.4, -0.2) is 22.4 Å². The molecule has 2 aromatic carbocycles. The molecule has 4 aromatic rings. The van der Waals surface area contributed by atoms with E-state index in [0.717, 1.165) is 28.1 Å². The lowest BCUT2D eigenvalue weighted by atomic mass is 10.1. The Morgan fingerprint density at radius 3 is 2.29 bits per heavy atom. The van der Waals surface area contributed by atoms with Gasteiger partial charge in [0.15, 0.2) is 0 Å². The zero-order chi connectivity index (χ0) is 19.7. The number of carbonyl (C=O) groups excluding carboxylic acids is 1. The van der Waals surface area contributed by atoms with Gasteiger partial charge in [-0.15, -0.1) is 0 Å². The molecule has 0 fully saturated rings. The van der Waals surface area contributed by atoms with Crippen LogP contribution < -0.4 is 10.1 Å². The van der Waals surface area contributed by atoms with Crippen molar-refractivity contribution < 1.29 is 9.53 Å². The second-order valence-electron chi connectivity index (χ2n) is 6.79. The van der Waals surface area contributed by atoms with Crippen LogP contribution in [0.15, 0.2) is 66.9 Å². The van der Waals surface area contributed by atoms with E-state index in [9.17, 15) is 4.79 Å². The number of hydrogen-bond donors (Lipinski definition) is 1. The van der Waals surface area contributed by atoms with Crippen molar-refractivity contribution in [2.75, 3.05) is 12.4 Å². The zero-order valence-electron chi connectivity index (χ0n) is 16.1. The Morgan fingerprint density at radius 2 is 1.61 bits per heavy atom. The van der Waals surface area contributed by atoms with Gasteiger partial charge in [0.25, 0.3) is 5.91 Å². The van der Waals surface area contributed by atoms with Gasteiger partial charge < -0.3 is 10.1 Å². The van der Waals surface area contributed by atoms with Crippen LogP contribution in [0.25, 0.3) is 16.9 Å². The Bertz CT molecular complexity index is 1140. The average Bonchev–Trinajstić information content (AvgIpc) is 3.06. The van der Waals surface area contributed by atoms with Gasteiger partial charge in [-0.25, -0.2) is 4.98 Å². The van der Waals surface area contributed by atoms with E-state index in [1.165, 1.54) is 0 Å². The van der Waals surface area contributed by atoms with Crippen LogP contribution >= 0.6 is 0 Å². The van der Waals surface area contributed by atoms with Crippen molar-refractivity contribution >= 4 is 17.4 Å². The average molecular weight is 371 g/mol. The molecule has 0 unspecified atom stereocenters. The number of nitrogens with zero attached hydrogens (tertiary/aromatic N) is 2. The first-order valence-electron chi connectivity index (χ1n) is 9.06. The van der Waals surface area contributed by atoms with Crippen LogP contribution in [0.1, 0.15) is 21.5 Å². The molecule has 0 saturated carbocycles. The molecule has 4 rings (SSSR count). The number of ether oxygens (including phenoxy) is 1. The van der Waals surface area contributed by atoms with E-state index in [2.05, 4.69) is 5.32 Å². The Balaban J connectivity index is 1.81. The normalized spacial score (nSPS) is 10.8. The SMILES string of the molecule is COc1ccc(-c2nc3ccc(C)cn3c2NC(=O)c2ccc(C)cc2)cc1. The first kappa shape index (κ1) is 17.8. The van der Waals surface area contributed by atoms with Gasteiger partial charge in [0.1, 0.15) is 22.9 Å². The summed E-state index contributed by atoms with van der Waals surface area (Å²) in [6, 6.07) is 19.1. The van der Waals surface area contributed by atoms with Gasteiger partial charge in [0, 0.05) is 17.3 Å². The van der Waals surface area contributed by atoms with Crippen molar-refractivity contribution in [2.24, 2.45) is 0 Å². The van der Waals surface area contributed by atoms with Crippen LogP contribution in [0.4, 0.5) is 5.82 Å². The minimum atomic E-state index is -0.168. The van der Waals surface area contributed by atoms with Gasteiger partial charge in [0.2, 0.25) is 0 Å². The van der Waals surface area contributed by atoms with E-state index < -0.39 is 0 Å². The van der Waals surface area contributed by atoms with Gasteiger partial charge in [-0.05, 0) is 61.9 Å². The molecule has 0 radical (unpaired) electrons. The fourth-order valence-corrected chi connectivity index (χ4v) is 3.11. The lowest BCUT2D eigenvalue weighted by Gasteiger charge is -2.09. The minimum Gasteiger partial charge on any atom is -0.497 e. The van der Waals surface area contributed by atoms with Crippen molar-refractivity contribution in [2.45, 2.75) is 13.8 Å². The first-order chi connectivity index (χ1) is 13.5. The molecular formula is C23H21N3O2. The Labute approximate surface area is 163 Å². The number of methoxy groups -OCH3 is 1. The number of amides is 1. The van der Waals surface area contributed by atoms with Crippen molar-refractivity contribution in [1.29, 1.82) is 0 Å². The van der Waals surface area contributed by atoms with E-state index in [1.54, 1.807) is 7.11 Å². The van der Waals surface area contributed by atoms with Crippen LogP contribution in [0.2, 0.25) is 0 Å². The smallest absolute Gasteiger partial charge is 0.256 e. The van der Waals surface area contributed by atoms with Crippen molar-refractivity contribution in [3.8, 4) is 17.0 Å². The van der Waals surface area contributed by atoms with E-state index in [0.29, 0.717) is 17.1 Å². The molecule has 2 heterocycles. The highest BCUT2D eigenvalue weighted by atomic mass is 16.5. The number of nitrogens with one attached hydrogen (secondary N) is 1. The Morgan fingerprint density at radius 1 is 0.929 bits per heavy atom. The number of rotatable bonds is 4. The van der Waals surface area contributed by atoms with Gasteiger partial charge in [-0.1, -0.05) is 23.8 Å². The van der Waals surface area contributed by atoms with Crippen LogP contribution in [0.5, 0.6) is 5.75 Å². The fraction of sp³-hybridized carbons (Fsp3) is 0.130. The van der Waals surface area contributed by atoms with E-state index >= 15 is 0 Å². The predicted octanol–water partition coefficient (Wildman–Crippen LogP) is 4.88. The summed E-state index contributed by atoms with van der Waals surface area (Å²) in [5.74, 6) is 1.25. The minimum absolute atomic E-state index is 0.168. The highest BCUT2D eigenvalue weighted by molar-refractivity contribution is 6.05. The third-order valence-electron chi connectivity index (χ3n) is 4.68. The third kappa shape index (κ3) is 3.34. The molecular weight excluding hydrogens is 350 g/mol. The molecule has 0 aliphatic carbocycles. The molecule has 1 N–H and O–H groups in total. The van der Waals surface area contributed by atoms with Crippen molar-refractivity contribution in [1.82, 2.24) is 9.38 Å². The standard InChI is InChI=1S/C23H21N3O2/c1-15-4-7-18(8-5-15)23(27)25-22-21(17-9-11-19(28-3)12-10-17)24-20-13-6-16(2)14-26(20)22/h4-14H,1-3H3,(H,25,27). The van der Waals surface area contributed by atoms with Gasteiger partial charge in [0.05, 0.1) is 7.11 Å². The molecule has 28 heavy (non-hydrogen) atoms. The second kappa shape index (κ2) is 7.19. The van der Waals surface area contributed by atoms with Gasteiger partial charge in [-0.3, -0.25) is 9.20 Å². The first-order valence-corrected chi connectivity index (χ1v) is 9.06. The summed E-state index contributed by atoms with van der Waals surface area (Å²) < 4.78 is 7.16. The number of hydrogen-bond acceptors (Lipinski definition) is 3. The summed E-state index contributed by atoms with van der Waals surface area (Å²) in [6.07, 6.45) is 1.97. The summed E-state index contributed by atoms with van der Waals surface area (Å²) in [7, 11) is 1.63. The number of fused-ring (bicyclic) bond motifs is 1. The zero-order valence-corrected chi connectivity index (χ0v) is 16.1. The molecule has 0 saturated heterocycles. The summed E-state index contributed by atoms with van der Waals surface area (Å²) in [5.41, 5.74) is 5.19. The number of pyridine rings is 1. The monoisotopic (exact) mass is 371 g/mol. The van der Waals surface area contributed by atoms with E-state index in [-0.39, 0.29) is 5.91 Å². The highest BCUT2D eigenvalue weighted by Crippen LogP contribution is 2.30. The number of aromatic nitrogens is 2. The number of imidazole rings is 1. The molecule has 140 valence electrons. The molecule has 2 aromatic heterocycles. The number of anilines is 1. The topological polar surface area (TPSA) is 55.6 Å². The van der Waals surface area contributed by atoms with Gasteiger partial charge >= 0.3 is 0 Å². The summed E-state index contributed by atoms with van der Waals surface area (Å²) in [6.45, 7) is 4.01. The maximum Gasteiger partial charge on any atom is 0.256 e. The van der Waals surface area contributed by atoms with E-state index in [1.807, 2.05) is 85.1 Å². The lowest BCUT2D eigenvalue weighted by molar-refractivity contribution is 0.102. The fourth-order valence-electron chi connectivity index (χ4n) is 3.11. The van der Waals surface area contributed by atoms with Crippen LogP contribution in [0, 0.1) is 13.8 Å². The molecule has 0 bridgehead atoms. The van der Waals surface area contributed by atoms with E-state index in [4.69, 9.17) is 9.72 Å². The molecule has 0 aliphatic rings. The summed E-state index contributed by atoms with van der Waals surface area (Å²) in [5, 5.41) is 3.05. The predicted molar refractivity (Wildman–Crippen MR) is 111 cm³/mol. The highest BCUT2D eigenvalue weighted by Gasteiger charge is 2.17. The summed E-state index contributed by atoms with van der Waals surface area (Å²) >= 11 is 0. The number of benzene rings is 2. The molecule has 1 amide bonds. The van der Waals surface area contributed by atoms with Gasteiger partial charge in [-0.2, -0.15) is 0 Å². The largest absolute Gasteiger partial charge is 0.497 e. The number of carbonyl (C=O) groups is 1. The Kier molecular flexibility index (Phi) is 4.57. The quantitative estimate of drug-likeness (QED) is 0.556. The number of aryl methyl sites for hydroxylation is 2. The third-order valence-corrected chi connectivity index (χ3v) is 4.68. The molecule has 0 spiro atoms. The van der Waals surface area contributed by atoms with Crippen LogP contribution in [-0.2, 0) is 0 Å². The molecule has 0 aliphatic heterocycles. The molecule has 5 nitrogen and oxygen atoms in total. The maximum atomic E-state index is 12.9. The maximum absolute atomic E-state index is 12.9. The molecule has 5 heteroatoms. The summed E-state index contributed by atoms with van der Waals surface area (Å²) in [4.78, 5) is 17.6. The van der Waals surface area contributed by atoms with Crippen molar-refractivity contribution in [3.63, 3.8) is 0 Å². The lowest BCUT2D eigenvalue weighted by Crippen LogP contribution is -2.14. The molecule has 0 atom stereocenters. The Hall–Kier alpha value is -3.60. The van der Waals surface area contributed by atoms with Crippen LogP contribution in [0.3, 0.4) is 0 Å². The van der Waals surface area contributed by atoms with Crippen molar-refractivity contribution in [3.05, 3.63) is 83.6 Å². The second-order valence-corrected chi connectivity index (χ2v) is 6.79.